The van der Waals surface area contributed by atoms with Crippen molar-refractivity contribution in [1.29, 1.82) is 5.26 Å². The number of nitrogens with zero attached hydrogens (tertiary/aromatic N) is 1. The molecule has 1 aromatic carbocycles. The van der Waals surface area contributed by atoms with Gasteiger partial charge in [0, 0.05) is 18.7 Å². The van der Waals surface area contributed by atoms with Crippen LogP contribution in [0.15, 0.2) is 47.1 Å². The average molecular weight is 284 g/mol. The van der Waals surface area contributed by atoms with Crippen molar-refractivity contribution in [1.82, 2.24) is 5.32 Å². The maximum absolute atomic E-state index is 11.9. The number of nitriles is 1. The van der Waals surface area contributed by atoms with Crippen LogP contribution >= 0.6 is 0 Å². The molecule has 0 saturated heterocycles. The number of benzene rings is 1. The molecule has 0 radical (unpaired) electrons. The number of nitrogens with one attached hydrogen (secondary N) is 1. The van der Waals surface area contributed by atoms with Crippen LogP contribution in [0.5, 0.6) is 0 Å². The molecule has 0 aliphatic heterocycles. The lowest BCUT2D eigenvalue weighted by atomic mass is 10.1. The van der Waals surface area contributed by atoms with Gasteiger partial charge in [0.25, 0.3) is 5.91 Å². The van der Waals surface area contributed by atoms with Crippen LogP contribution in [0.4, 0.5) is 0 Å². The van der Waals surface area contributed by atoms with Crippen LogP contribution in [0.1, 0.15) is 28.1 Å². The molecule has 0 atom stereocenters. The molecule has 5 heteroatoms. The lowest BCUT2D eigenvalue weighted by Gasteiger charge is -2.06. The number of carbonyl (C=O) groups excluding carboxylic acids is 1. The summed E-state index contributed by atoms with van der Waals surface area (Å²) in [7, 11) is 0. The highest BCUT2D eigenvalue weighted by atomic mass is 16.5. The fourth-order valence-electron chi connectivity index (χ4n) is 1.78. The molecule has 108 valence electrons. The molecular formula is C16H16N2O3. The standard InChI is InChI=1S/C16H16N2O3/c17-11-13-4-1-5-14(10-13)16(19)18-7-3-8-20-12-15-6-2-9-21-15/h1-2,4-6,9-10H,3,7-8,12H2,(H,18,19). The van der Waals surface area contributed by atoms with Gasteiger partial charge in [0.05, 0.1) is 17.9 Å². The zero-order valence-electron chi connectivity index (χ0n) is 11.5. The van der Waals surface area contributed by atoms with Crippen molar-refractivity contribution < 1.29 is 13.9 Å². The van der Waals surface area contributed by atoms with Crippen molar-refractivity contribution in [2.24, 2.45) is 0 Å². The smallest absolute Gasteiger partial charge is 0.251 e. The number of hydrogen-bond donors (Lipinski definition) is 1. The third-order valence-electron chi connectivity index (χ3n) is 2.83. The topological polar surface area (TPSA) is 75.3 Å². The Labute approximate surface area is 123 Å². The summed E-state index contributed by atoms with van der Waals surface area (Å²) in [5.41, 5.74) is 0.968. The van der Waals surface area contributed by atoms with E-state index in [1.807, 2.05) is 18.2 Å². The number of amides is 1. The second kappa shape index (κ2) is 7.88. The van der Waals surface area contributed by atoms with Crippen LogP contribution in [0, 0.1) is 11.3 Å². The van der Waals surface area contributed by atoms with E-state index in [9.17, 15) is 4.79 Å². The van der Waals surface area contributed by atoms with Crippen molar-refractivity contribution >= 4 is 5.91 Å². The second-order valence-electron chi connectivity index (χ2n) is 4.43. The first-order valence-corrected chi connectivity index (χ1v) is 6.68. The van der Waals surface area contributed by atoms with Gasteiger partial charge in [-0.3, -0.25) is 4.79 Å². The van der Waals surface area contributed by atoms with E-state index in [0.29, 0.717) is 37.3 Å². The van der Waals surface area contributed by atoms with Crippen molar-refractivity contribution in [3.8, 4) is 6.07 Å². The van der Waals surface area contributed by atoms with E-state index in [2.05, 4.69) is 5.32 Å². The summed E-state index contributed by atoms with van der Waals surface area (Å²) in [5.74, 6) is 0.602. The largest absolute Gasteiger partial charge is 0.467 e. The number of carbonyl (C=O) groups is 1. The molecule has 21 heavy (non-hydrogen) atoms. The van der Waals surface area contributed by atoms with Crippen molar-refractivity contribution in [3.05, 3.63) is 59.5 Å². The quantitative estimate of drug-likeness (QED) is 0.793. The van der Waals surface area contributed by atoms with Gasteiger partial charge in [-0.25, -0.2) is 0 Å². The van der Waals surface area contributed by atoms with Crippen LogP contribution in [-0.2, 0) is 11.3 Å². The molecule has 1 heterocycles. The highest BCUT2D eigenvalue weighted by Gasteiger charge is 2.05. The van der Waals surface area contributed by atoms with Gasteiger partial charge in [-0.05, 0) is 36.8 Å². The molecule has 2 aromatic rings. The Hall–Kier alpha value is -2.58. The zero-order chi connectivity index (χ0) is 14.9. The van der Waals surface area contributed by atoms with E-state index in [4.69, 9.17) is 14.4 Å². The first-order chi connectivity index (χ1) is 10.3. The van der Waals surface area contributed by atoms with E-state index in [1.54, 1.807) is 30.5 Å². The number of furan rings is 1. The van der Waals surface area contributed by atoms with Crippen LogP contribution < -0.4 is 5.32 Å². The number of ether oxygens (including phenoxy) is 1. The summed E-state index contributed by atoms with van der Waals surface area (Å²) in [4.78, 5) is 11.9. The summed E-state index contributed by atoms with van der Waals surface area (Å²) < 4.78 is 10.6. The lowest BCUT2D eigenvalue weighted by molar-refractivity contribution is 0.0917. The van der Waals surface area contributed by atoms with Crippen molar-refractivity contribution in [3.63, 3.8) is 0 Å². The lowest BCUT2D eigenvalue weighted by Crippen LogP contribution is -2.25. The monoisotopic (exact) mass is 284 g/mol. The molecule has 0 bridgehead atoms. The Bertz CT molecular complexity index is 615. The molecule has 1 N–H and O–H groups in total. The van der Waals surface area contributed by atoms with E-state index in [-0.39, 0.29) is 5.91 Å². The third kappa shape index (κ3) is 4.79. The van der Waals surface area contributed by atoms with Gasteiger partial charge in [-0.2, -0.15) is 5.26 Å². The molecule has 0 aliphatic rings. The first-order valence-electron chi connectivity index (χ1n) is 6.68. The molecule has 0 aliphatic carbocycles. The number of rotatable bonds is 7. The van der Waals surface area contributed by atoms with Crippen molar-refractivity contribution in [2.45, 2.75) is 13.0 Å². The molecule has 0 saturated carbocycles. The van der Waals surface area contributed by atoms with Gasteiger partial charge < -0.3 is 14.5 Å². The molecule has 0 spiro atoms. The van der Waals surface area contributed by atoms with Gasteiger partial charge in [-0.1, -0.05) is 6.07 Å². The summed E-state index contributed by atoms with van der Waals surface area (Å²) in [5, 5.41) is 11.6. The summed E-state index contributed by atoms with van der Waals surface area (Å²) in [6, 6.07) is 12.3. The molecule has 1 amide bonds. The first kappa shape index (κ1) is 14.8. The van der Waals surface area contributed by atoms with Gasteiger partial charge in [0.1, 0.15) is 12.4 Å². The van der Waals surface area contributed by atoms with Gasteiger partial charge in [0.15, 0.2) is 0 Å². The van der Waals surface area contributed by atoms with Gasteiger partial charge in [0.2, 0.25) is 0 Å². The summed E-state index contributed by atoms with van der Waals surface area (Å²) in [6.07, 6.45) is 2.32. The molecule has 0 fully saturated rings. The maximum Gasteiger partial charge on any atom is 0.251 e. The molecular weight excluding hydrogens is 268 g/mol. The Balaban J connectivity index is 1.64. The van der Waals surface area contributed by atoms with Crippen LogP contribution in [-0.4, -0.2) is 19.1 Å². The van der Waals surface area contributed by atoms with E-state index >= 15 is 0 Å². The van der Waals surface area contributed by atoms with Crippen LogP contribution in [0.2, 0.25) is 0 Å². The Morgan fingerprint density at radius 1 is 1.33 bits per heavy atom. The molecule has 0 unspecified atom stereocenters. The highest BCUT2D eigenvalue weighted by Crippen LogP contribution is 2.04. The van der Waals surface area contributed by atoms with E-state index < -0.39 is 0 Å². The fourth-order valence-corrected chi connectivity index (χ4v) is 1.78. The van der Waals surface area contributed by atoms with Crippen LogP contribution in [0.25, 0.3) is 0 Å². The predicted molar refractivity (Wildman–Crippen MR) is 76.5 cm³/mol. The van der Waals surface area contributed by atoms with Crippen LogP contribution in [0.3, 0.4) is 0 Å². The second-order valence-corrected chi connectivity index (χ2v) is 4.43. The van der Waals surface area contributed by atoms with Gasteiger partial charge >= 0.3 is 0 Å². The minimum atomic E-state index is -0.182. The predicted octanol–water partition coefficient (Wildman–Crippen LogP) is 2.49. The van der Waals surface area contributed by atoms with Crippen molar-refractivity contribution in [2.75, 3.05) is 13.2 Å². The molecule has 5 nitrogen and oxygen atoms in total. The summed E-state index contributed by atoms with van der Waals surface area (Å²) >= 11 is 0. The molecule has 2 rings (SSSR count). The minimum absolute atomic E-state index is 0.182. The Morgan fingerprint density at radius 3 is 3.00 bits per heavy atom. The van der Waals surface area contributed by atoms with E-state index in [0.717, 1.165) is 5.76 Å². The Kier molecular flexibility index (Phi) is 5.56. The average Bonchev–Trinajstić information content (AvgIpc) is 3.04. The summed E-state index contributed by atoms with van der Waals surface area (Å²) in [6.45, 7) is 1.50. The molecule has 1 aromatic heterocycles. The van der Waals surface area contributed by atoms with E-state index in [1.165, 1.54) is 0 Å². The third-order valence-corrected chi connectivity index (χ3v) is 2.83. The Morgan fingerprint density at radius 2 is 2.24 bits per heavy atom. The maximum atomic E-state index is 11.9. The SMILES string of the molecule is N#Cc1cccc(C(=O)NCCCOCc2ccco2)c1. The number of hydrogen-bond acceptors (Lipinski definition) is 4. The van der Waals surface area contributed by atoms with Gasteiger partial charge in [-0.15, -0.1) is 0 Å². The fraction of sp³-hybridized carbons (Fsp3) is 0.250. The minimum Gasteiger partial charge on any atom is -0.467 e. The zero-order valence-corrected chi connectivity index (χ0v) is 11.5. The highest BCUT2D eigenvalue weighted by molar-refractivity contribution is 5.94. The normalized spacial score (nSPS) is 10.0.